The van der Waals surface area contributed by atoms with Crippen molar-refractivity contribution in [2.24, 2.45) is 5.41 Å². The van der Waals surface area contributed by atoms with Gasteiger partial charge in [0.05, 0.1) is 0 Å². The molecule has 2 aliphatic rings. The van der Waals surface area contributed by atoms with Gasteiger partial charge in [-0.15, -0.1) is 0 Å². The van der Waals surface area contributed by atoms with Crippen LogP contribution in [0.15, 0.2) is 0 Å². The molecule has 2 rings (SSSR count). The smallest absolute Gasteiger partial charge is 0.317 e. The zero-order chi connectivity index (χ0) is 11.3. The fourth-order valence-corrected chi connectivity index (χ4v) is 1.72. The van der Waals surface area contributed by atoms with E-state index in [0.717, 1.165) is 12.8 Å². The Morgan fingerprint density at radius 1 is 1.27 bits per heavy atom. The molecule has 1 saturated heterocycles. The molecule has 2 fully saturated rings. The number of hydrogen-bond donors (Lipinski definition) is 2. The van der Waals surface area contributed by atoms with Crippen molar-refractivity contribution in [3.8, 4) is 0 Å². The van der Waals surface area contributed by atoms with Gasteiger partial charge in [-0.2, -0.15) is 0 Å². The first-order chi connectivity index (χ1) is 6.85. The van der Waals surface area contributed by atoms with Crippen LogP contribution in [-0.4, -0.2) is 40.6 Å². The maximum Gasteiger partial charge on any atom is 0.317 e. The summed E-state index contributed by atoms with van der Waals surface area (Å²) in [6, 6.07) is -0.131. The lowest BCUT2D eigenvalue weighted by Crippen LogP contribution is -2.63. The Hall–Kier alpha value is -1.26. The minimum atomic E-state index is -0.829. The summed E-state index contributed by atoms with van der Waals surface area (Å²) < 4.78 is 0. The van der Waals surface area contributed by atoms with Crippen molar-refractivity contribution in [1.82, 2.24) is 10.2 Å². The second-order valence-corrected chi connectivity index (χ2v) is 5.21. The number of rotatable bonds is 2. The SMILES string of the molecule is CC1(NC(=O)N2CC(C)(C(=O)O)C2)CC1. The van der Waals surface area contributed by atoms with Crippen LogP contribution in [0.25, 0.3) is 0 Å². The molecule has 0 unspecified atom stereocenters. The molecule has 1 heterocycles. The van der Waals surface area contributed by atoms with E-state index < -0.39 is 11.4 Å². The van der Waals surface area contributed by atoms with E-state index in [0.29, 0.717) is 13.1 Å². The molecule has 5 nitrogen and oxygen atoms in total. The Bertz CT molecular complexity index is 317. The zero-order valence-electron chi connectivity index (χ0n) is 9.04. The third-order valence-electron chi connectivity index (χ3n) is 3.29. The summed E-state index contributed by atoms with van der Waals surface area (Å²) in [5.41, 5.74) is -0.784. The monoisotopic (exact) mass is 212 g/mol. The molecule has 0 aromatic heterocycles. The Morgan fingerprint density at radius 3 is 2.20 bits per heavy atom. The first-order valence-corrected chi connectivity index (χ1v) is 5.15. The first-order valence-electron chi connectivity index (χ1n) is 5.15. The van der Waals surface area contributed by atoms with Gasteiger partial charge in [0.1, 0.15) is 5.41 Å². The number of carboxylic acid groups (broad SMARTS) is 1. The number of amides is 2. The molecular formula is C10H16N2O3. The van der Waals surface area contributed by atoms with Crippen molar-refractivity contribution >= 4 is 12.0 Å². The molecule has 15 heavy (non-hydrogen) atoms. The van der Waals surface area contributed by atoms with Crippen LogP contribution in [0, 0.1) is 5.41 Å². The van der Waals surface area contributed by atoms with Crippen molar-refractivity contribution in [3.63, 3.8) is 0 Å². The summed E-state index contributed by atoms with van der Waals surface area (Å²) >= 11 is 0. The molecule has 0 radical (unpaired) electrons. The van der Waals surface area contributed by atoms with Crippen LogP contribution in [0.3, 0.4) is 0 Å². The van der Waals surface area contributed by atoms with Gasteiger partial charge >= 0.3 is 12.0 Å². The number of likely N-dealkylation sites (tertiary alicyclic amines) is 1. The van der Waals surface area contributed by atoms with Gasteiger partial charge < -0.3 is 15.3 Å². The Labute approximate surface area is 88.4 Å². The summed E-state index contributed by atoms with van der Waals surface area (Å²) in [6.45, 7) is 4.29. The van der Waals surface area contributed by atoms with Crippen LogP contribution in [0.2, 0.25) is 0 Å². The second kappa shape index (κ2) is 2.87. The highest BCUT2D eigenvalue weighted by Gasteiger charge is 2.49. The predicted molar refractivity (Wildman–Crippen MR) is 53.5 cm³/mol. The topological polar surface area (TPSA) is 69.6 Å². The van der Waals surface area contributed by atoms with Gasteiger partial charge in [0.25, 0.3) is 0 Å². The second-order valence-electron chi connectivity index (χ2n) is 5.21. The summed E-state index contributed by atoms with van der Waals surface area (Å²) in [6.07, 6.45) is 2.03. The molecule has 2 amide bonds. The van der Waals surface area contributed by atoms with Gasteiger partial charge in [0.15, 0.2) is 0 Å². The van der Waals surface area contributed by atoms with Crippen LogP contribution >= 0.6 is 0 Å². The van der Waals surface area contributed by atoms with E-state index in [2.05, 4.69) is 5.32 Å². The highest BCUT2D eigenvalue weighted by atomic mass is 16.4. The zero-order valence-corrected chi connectivity index (χ0v) is 9.04. The van der Waals surface area contributed by atoms with Crippen molar-refractivity contribution in [1.29, 1.82) is 0 Å². The van der Waals surface area contributed by atoms with Crippen molar-refractivity contribution in [3.05, 3.63) is 0 Å². The third kappa shape index (κ3) is 1.78. The van der Waals surface area contributed by atoms with Gasteiger partial charge in [0.2, 0.25) is 0 Å². The number of nitrogens with zero attached hydrogens (tertiary/aromatic N) is 1. The molecule has 2 N–H and O–H groups in total. The van der Waals surface area contributed by atoms with Gasteiger partial charge in [-0.25, -0.2) is 4.79 Å². The lowest BCUT2D eigenvalue weighted by Gasteiger charge is -2.45. The fraction of sp³-hybridized carbons (Fsp3) is 0.800. The maximum absolute atomic E-state index is 11.6. The van der Waals surface area contributed by atoms with Crippen LogP contribution < -0.4 is 5.32 Å². The fourth-order valence-electron chi connectivity index (χ4n) is 1.72. The van der Waals surface area contributed by atoms with E-state index >= 15 is 0 Å². The summed E-state index contributed by atoms with van der Waals surface area (Å²) in [4.78, 5) is 24.0. The summed E-state index contributed by atoms with van der Waals surface area (Å²) in [7, 11) is 0. The van der Waals surface area contributed by atoms with Crippen LogP contribution in [0.5, 0.6) is 0 Å². The Balaban J connectivity index is 1.84. The highest BCUT2D eigenvalue weighted by molar-refractivity contribution is 5.82. The third-order valence-corrected chi connectivity index (χ3v) is 3.29. The molecule has 1 aliphatic heterocycles. The Kier molecular flexibility index (Phi) is 1.96. The lowest BCUT2D eigenvalue weighted by atomic mass is 9.82. The maximum atomic E-state index is 11.6. The predicted octanol–water partition coefficient (Wildman–Crippen LogP) is 0.655. The first kappa shape index (κ1) is 10.3. The van der Waals surface area contributed by atoms with Gasteiger partial charge in [0, 0.05) is 18.6 Å². The standard InChI is InChI=1S/C10H16N2O3/c1-9(7(13)14)5-12(6-9)8(15)11-10(2)3-4-10/h3-6H2,1-2H3,(H,11,15)(H,13,14). The molecule has 1 aliphatic carbocycles. The molecule has 0 bridgehead atoms. The van der Waals surface area contributed by atoms with Crippen molar-refractivity contribution in [2.45, 2.75) is 32.2 Å². The van der Waals surface area contributed by atoms with Crippen molar-refractivity contribution < 1.29 is 14.7 Å². The number of carbonyl (C=O) groups is 2. The number of nitrogens with one attached hydrogen (secondary N) is 1. The number of hydrogen-bond acceptors (Lipinski definition) is 2. The average Bonchev–Trinajstić information content (AvgIpc) is 2.77. The lowest BCUT2D eigenvalue weighted by molar-refractivity contribution is -0.155. The minimum Gasteiger partial charge on any atom is -0.481 e. The molecule has 0 atom stereocenters. The number of urea groups is 1. The van der Waals surface area contributed by atoms with Crippen LogP contribution in [0.4, 0.5) is 4.79 Å². The molecule has 0 aromatic carbocycles. The number of aliphatic carboxylic acids is 1. The largest absolute Gasteiger partial charge is 0.481 e. The molecule has 0 aromatic rings. The van der Waals surface area contributed by atoms with Crippen molar-refractivity contribution in [2.75, 3.05) is 13.1 Å². The van der Waals surface area contributed by atoms with Crippen LogP contribution in [-0.2, 0) is 4.79 Å². The summed E-state index contributed by atoms with van der Waals surface area (Å²) in [5.74, 6) is -0.829. The Morgan fingerprint density at radius 2 is 1.80 bits per heavy atom. The quantitative estimate of drug-likeness (QED) is 0.706. The van der Waals surface area contributed by atoms with Gasteiger partial charge in [-0.05, 0) is 26.7 Å². The van der Waals surface area contributed by atoms with E-state index in [9.17, 15) is 9.59 Å². The molecule has 84 valence electrons. The van der Waals surface area contributed by atoms with E-state index in [1.165, 1.54) is 0 Å². The minimum absolute atomic E-state index is 0.0354. The van der Waals surface area contributed by atoms with Gasteiger partial charge in [-0.1, -0.05) is 0 Å². The van der Waals surface area contributed by atoms with Gasteiger partial charge in [-0.3, -0.25) is 4.79 Å². The van der Waals surface area contributed by atoms with E-state index in [-0.39, 0.29) is 11.6 Å². The van der Waals surface area contributed by atoms with E-state index in [1.807, 2.05) is 6.92 Å². The van der Waals surface area contributed by atoms with E-state index in [4.69, 9.17) is 5.11 Å². The molecular weight excluding hydrogens is 196 g/mol. The molecule has 1 saturated carbocycles. The summed E-state index contributed by atoms with van der Waals surface area (Å²) in [5, 5.41) is 11.8. The number of carbonyl (C=O) groups excluding carboxylic acids is 1. The average molecular weight is 212 g/mol. The molecule has 0 spiro atoms. The van der Waals surface area contributed by atoms with E-state index in [1.54, 1.807) is 11.8 Å². The normalized spacial score (nSPS) is 25.3. The molecule has 5 heteroatoms. The highest BCUT2D eigenvalue weighted by Crippen LogP contribution is 2.36. The number of carboxylic acids is 1. The van der Waals surface area contributed by atoms with Crippen LogP contribution in [0.1, 0.15) is 26.7 Å².